The van der Waals surface area contributed by atoms with Crippen molar-refractivity contribution >= 4 is 9.73 Å². The summed E-state index contributed by atoms with van der Waals surface area (Å²) in [6.45, 7) is -0.558. The zero-order chi connectivity index (χ0) is 15.5. The molecule has 1 aromatic heterocycles. The maximum Gasteiger partial charge on any atom is 0.135 e. The Labute approximate surface area is 123 Å². The summed E-state index contributed by atoms with van der Waals surface area (Å²) in [4.78, 5) is 4.05. The van der Waals surface area contributed by atoms with Gasteiger partial charge in [-0.25, -0.2) is 14.0 Å². The fourth-order valence-corrected chi connectivity index (χ4v) is 2.53. The zero-order valence-corrected chi connectivity index (χ0v) is 12.4. The summed E-state index contributed by atoms with van der Waals surface area (Å²) in [5.74, 6) is 0. The molecular weight excluding hydrogens is 291 g/mol. The molecule has 0 fully saturated rings. The highest BCUT2D eigenvalue weighted by molar-refractivity contribution is 7.91. The average molecular weight is 308 g/mol. The SMILES string of the molecule is CS(=N)(=O)c1ccc(-c2ccc([C@@H](O)CCF)cc2)cn1. The quantitative estimate of drug-likeness (QED) is 0.891. The van der Waals surface area contributed by atoms with Gasteiger partial charge < -0.3 is 5.11 Å². The van der Waals surface area contributed by atoms with E-state index in [-0.39, 0.29) is 11.4 Å². The number of pyridine rings is 1. The molecule has 2 aromatic rings. The first-order chi connectivity index (χ1) is 9.91. The molecule has 4 nitrogen and oxygen atoms in total. The van der Waals surface area contributed by atoms with Gasteiger partial charge in [-0.2, -0.15) is 0 Å². The predicted molar refractivity (Wildman–Crippen MR) is 80.3 cm³/mol. The Morgan fingerprint density at radius 3 is 2.33 bits per heavy atom. The van der Waals surface area contributed by atoms with Gasteiger partial charge in [0.05, 0.1) is 22.5 Å². The third kappa shape index (κ3) is 3.86. The smallest absolute Gasteiger partial charge is 0.135 e. The number of aromatic nitrogens is 1. The van der Waals surface area contributed by atoms with E-state index in [1.165, 1.54) is 6.26 Å². The monoisotopic (exact) mass is 308 g/mol. The van der Waals surface area contributed by atoms with Gasteiger partial charge in [0.1, 0.15) is 5.03 Å². The molecule has 0 aliphatic rings. The number of nitrogens with one attached hydrogen (secondary N) is 1. The predicted octanol–water partition coefficient (Wildman–Crippen LogP) is 3.18. The number of alkyl halides is 1. The third-order valence-electron chi connectivity index (χ3n) is 3.15. The second-order valence-electron chi connectivity index (χ2n) is 4.84. The molecule has 0 spiro atoms. The van der Waals surface area contributed by atoms with Crippen molar-refractivity contribution in [1.29, 1.82) is 4.78 Å². The number of hydrogen-bond donors (Lipinski definition) is 2. The van der Waals surface area contributed by atoms with Crippen molar-refractivity contribution in [3.63, 3.8) is 0 Å². The molecule has 2 rings (SSSR count). The molecule has 0 radical (unpaired) electrons. The third-order valence-corrected chi connectivity index (χ3v) is 4.19. The van der Waals surface area contributed by atoms with Crippen molar-refractivity contribution in [2.75, 3.05) is 12.9 Å². The molecule has 2 atom stereocenters. The number of halogens is 1. The van der Waals surface area contributed by atoms with Gasteiger partial charge in [0.15, 0.2) is 0 Å². The summed E-state index contributed by atoms with van der Waals surface area (Å²) in [5.41, 5.74) is 2.38. The van der Waals surface area contributed by atoms with Gasteiger partial charge in [-0.15, -0.1) is 0 Å². The van der Waals surface area contributed by atoms with Crippen LogP contribution in [0.4, 0.5) is 4.39 Å². The van der Waals surface area contributed by atoms with E-state index < -0.39 is 22.5 Å². The lowest BCUT2D eigenvalue weighted by Gasteiger charge is -2.10. The first-order valence-corrected chi connectivity index (χ1v) is 8.42. The maximum absolute atomic E-state index is 12.2. The Kier molecular flexibility index (Phi) is 4.69. The van der Waals surface area contributed by atoms with Crippen molar-refractivity contribution in [1.82, 2.24) is 4.98 Å². The summed E-state index contributed by atoms with van der Waals surface area (Å²) in [6, 6.07) is 10.5. The summed E-state index contributed by atoms with van der Waals surface area (Å²) < 4.78 is 31.2. The van der Waals surface area contributed by atoms with Gasteiger partial charge >= 0.3 is 0 Å². The standard InChI is InChI=1S/C15H17FN2O2S/c1-21(17,20)15-7-6-13(10-18-15)11-2-4-12(5-3-11)14(19)8-9-16/h2-7,10,14,17,19H,8-9H2,1H3/t14-,21?/m0/s1. The van der Waals surface area contributed by atoms with E-state index in [0.717, 1.165) is 11.1 Å². The van der Waals surface area contributed by atoms with E-state index in [0.29, 0.717) is 5.56 Å². The van der Waals surface area contributed by atoms with Crippen molar-refractivity contribution in [3.05, 3.63) is 48.2 Å². The van der Waals surface area contributed by atoms with Crippen LogP contribution in [0.15, 0.2) is 47.6 Å². The Morgan fingerprint density at radius 1 is 1.24 bits per heavy atom. The van der Waals surface area contributed by atoms with Crippen molar-refractivity contribution in [2.24, 2.45) is 0 Å². The molecule has 6 heteroatoms. The minimum Gasteiger partial charge on any atom is -0.388 e. The molecule has 21 heavy (non-hydrogen) atoms. The van der Waals surface area contributed by atoms with Crippen LogP contribution in [0.3, 0.4) is 0 Å². The van der Waals surface area contributed by atoms with E-state index in [2.05, 4.69) is 4.98 Å². The molecular formula is C15H17FN2O2S. The van der Waals surface area contributed by atoms with Gasteiger partial charge in [-0.05, 0) is 17.2 Å². The molecule has 0 aliphatic heterocycles. The Balaban J connectivity index is 2.23. The molecule has 112 valence electrons. The van der Waals surface area contributed by atoms with Gasteiger partial charge in [-0.1, -0.05) is 30.3 Å². The largest absolute Gasteiger partial charge is 0.388 e. The van der Waals surface area contributed by atoms with Gasteiger partial charge in [0, 0.05) is 24.4 Å². The number of rotatable bonds is 5. The molecule has 1 heterocycles. The highest BCUT2D eigenvalue weighted by atomic mass is 32.2. The summed E-state index contributed by atoms with van der Waals surface area (Å²) >= 11 is 0. The lowest BCUT2D eigenvalue weighted by Crippen LogP contribution is -1.99. The summed E-state index contributed by atoms with van der Waals surface area (Å²) in [7, 11) is -2.81. The van der Waals surface area contributed by atoms with E-state index in [4.69, 9.17) is 4.78 Å². The number of benzene rings is 1. The van der Waals surface area contributed by atoms with Crippen molar-refractivity contribution in [2.45, 2.75) is 17.6 Å². The van der Waals surface area contributed by atoms with Crippen LogP contribution < -0.4 is 0 Å². The van der Waals surface area contributed by atoms with E-state index in [1.54, 1.807) is 30.5 Å². The normalized spacial score (nSPS) is 15.4. The highest BCUT2D eigenvalue weighted by Crippen LogP contribution is 2.23. The van der Waals surface area contributed by atoms with Crippen LogP contribution in [0.5, 0.6) is 0 Å². The molecule has 0 saturated carbocycles. The number of aliphatic hydroxyl groups is 1. The van der Waals surface area contributed by atoms with Crippen LogP contribution in [0.25, 0.3) is 11.1 Å². The van der Waals surface area contributed by atoms with Crippen molar-refractivity contribution in [3.8, 4) is 11.1 Å². The number of aliphatic hydroxyl groups excluding tert-OH is 1. The minimum absolute atomic E-state index is 0.0873. The van der Waals surface area contributed by atoms with Crippen LogP contribution in [-0.2, 0) is 9.73 Å². The Hall–Kier alpha value is -1.79. The molecule has 0 saturated heterocycles. The fraction of sp³-hybridized carbons (Fsp3) is 0.267. The Morgan fingerprint density at radius 2 is 1.86 bits per heavy atom. The van der Waals surface area contributed by atoms with Crippen LogP contribution in [0.1, 0.15) is 18.1 Å². The highest BCUT2D eigenvalue weighted by Gasteiger charge is 2.08. The van der Waals surface area contributed by atoms with Crippen LogP contribution in [0.2, 0.25) is 0 Å². The summed E-state index contributed by atoms with van der Waals surface area (Å²) in [5, 5.41) is 9.95. The molecule has 0 amide bonds. The van der Waals surface area contributed by atoms with Crippen LogP contribution in [-0.4, -0.2) is 27.2 Å². The van der Waals surface area contributed by atoms with Gasteiger partial charge in [0.2, 0.25) is 0 Å². The fourth-order valence-electron chi connectivity index (χ4n) is 1.95. The molecule has 1 aromatic carbocycles. The molecule has 1 unspecified atom stereocenters. The van der Waals surface area contributed by atoms with Crippen LogP contribution >= 0.6 is 0 Å². The maximum atomic E-state index is 12.2. The molecule has 0 aliphatic carbocycles. The van der Waals surface area contributed by atoms with E-state index in [9.17, 15) is 13.7 Å². The average Bonchev–Trinajstić information content (AvgIpc) is 2.47. The lowest BCUT2D eigenvalue weighted by molar-refractivity contribution is 0.156. The topological polar surface area (TPSA) is 74.0 Å². The molecule has 0 bridgehead atoms. The number of nitrogens with zero attached hydrogens (tertiary/aromatic N) is 1. The second-order valence-corrected chi connectivity index (χ2v) is 6.95. The Bertz CT molecular complexity index is 697. The lowest BCUT2D eigenvalue weighted by atomic mass is 10.0. The first-order valence-electron chi connectivity index (χ1n) is 6.46. The van der Waals surface area contributed by atoms with E-state index >= 15 is 0 Å². The van der Waals surface area contributed by atoms with Gasteiger partial charge in [-0.3, -0.25) is 4.39 Å². The first kappa shape index (κ1) is 15.6. The van der Waals surface area contributed by atoms with Crippen LogP contribution in [0, 0.1) is 4.78 Å². The number of hydrogen-bond acceptors (Lipinski definition) is 4. The molecule has 2 N–H and O–H groups in total. The van der Waals surface area contributed by atoms with Crippen molar-refractivity contribution < 1.29 is 13.7 Å². The summed E-state index contributed by atoms with van der Waals surface area (Å²) in [6.07, 6.45) is 2.19. The van der Waals surface area contributed by atoms with E-state index in [1.807, 2.05) is 12.1 Å². The van der Waals surface area contributed by atoms with Gasteiger partial charge in [0.25, 0.3) is 0 Å². The zero-order valence-electron chi connectivity index (χ0n) is 11.6. The minimum atomic E-state index is -2.81. The second kappa shape index (κ2) is 6.32.